The maximum atomic E-state index is 9.47. The molecule has 19 heavy (non-hydrogen) atoms. The van der Waals surface area contributed by atoms with Crippen LogP contribution in [-0.4, -0.2) is 45.9 Å². The fourth-order valence-electron chi connectivity index (χ4n) is 2.24. The van der Waals surface area contributed by atoms with E-state index in [1.54, 1.807) is 0 Å². The van der Waals surface area contributed by atoms with E-state index in [-0.39, 0.29) is 23.9 Å². The molecule has 1 aromatic rings. The number of anilines is 1. The summed E-state index contributed by atoms with van der Waals surface area (Å²) in [6, 6.07) is 0.269. The summed E-state index contributed by atoms with van der Waals surface area (Å²) in [6.45, 7) is 5.54. The van der Waals surface area contributed by atoms with Crippen LogP contribution in [0.5, 0.6) is 6.01 Å². The van der Waals surface area contributed by atoms with Gasteiger partial charge in [-0.2, -0.15) is 15.0 Å². The predicted molar refractivity (Wildman–Crippen MR) is 72.6 cm³/mol. The largest absolute Gasteiger partial charge is 0.463 e. The van der Waals surface area contributed by atoms with Gasteiger partial charge in [0.15, 0.2) is 0 Å². The Morgan fingerprint density at radius 2 is 2.21 bits per heavy atom. The van der Waals surface area contributed by atoms with E-state index >= 15 is 0 Å². The molecule has 6 nitrogen and oxygen atoms in total. The van der Waals surface area contributed by atoms with Crippen LogP contribution < -0.4 is 9.64 Å². The Bertz CT molecular complexity index is 432. The average Bonchev–Trinajstić information content (AvgIpc) is 2.76. The van der Waals surface area contributed by atoms with Gasteiger partial charge in [-0.15, -0.1) is 0 Å². The lowest BCUT2D eigenvalue weighted by molar-refractivity contribution is 0.243. The first-order valence-electron chi connectivity index (χ1n) is 6.57. The lowest BCUT2D eigenvalue weighted by Gasteiger charge is -2.25. The highest BCUT2D eigenvalue weighted by Gasteiger charge is 2.32. The minimum atomic E-state index is 0.0255. The second-order valence-corrected chi connectivity index (χ2v) is 5.08. The highest BCUT2D eigenvalue weighted by atomic mass is 35.5. The Balaban J connectivity index is 2.21. The molecule has 1 saturated heterocycles. The van der Waals surface area contributed by atoms with Crippen molar-refractivity contribution >= 4 is 17.5 Å². The topological polar surface area (TPSA) is 71.4 Å². The average molecular weight is 287 g/mol. The Labute approximate surface area is 117 Å². The molecule has 0 amide bonds. The van der Waals surface area contributed by atoms with Crippen molar-refractivity contribution in [1.29, 1.82) is 0 Å². The first kappa shape index (κ1) is 14.3. The molecule has 0 spiro atoms. The fraction of sp³-hybridized carbons (Fsp3) is 0.750. The number of nitrogens with zero attached hydrogens (tertiary/aromatic N) is 4. The van der Waals surface area contributed by atoms with E-state index in [1.807, 2.05) is 11.8 Å². The van der Waals surface area contributed by atoms with Crippen molar-refractivity contribution in [2.75, 3.05) is 24.7 Å². The fourth-order valence-corrected chi connectivity index (χ4v) is 2.39. The first-order valence-corrected chi connectivity index (χ1v) is 6.95. The van der Waals surface area contributed by atoms with Gasteiger partial charge in [-0.3, -0.25) is 0 Å². The number of aliphatic hydroxyl groups is 1. The van der Waals surface area contributed by atoms with Gasteiger partial charge >= 0.3 is 6.01 Å². The molecule has 0 aromatic carbocycles. The summed E-state index contributed by atoms with van der Waals surface area (Å²) in [7, 11) is 0. The van der Waals surface area contributed by atoms with Gasteiger partial charge in [0.05, 0.1) is 19.3 Å². The highest BCUT2D eigenvalue weighted by molar-refractivity contribution is 6.28. The van der Waals surface area contributed by atoms with Gasteiger partial charge in [0.25, 0.3) is 0 Å². The van der Waals surface area contributed by atoms with Crippen LogP contribution in [0, 0.1) is 5.92 Å². The van der Waals surface area contributed by atoms with Crippen molar-refractivity contribution in [3.63, 3.8) is 0 Å². The van der Waals surface area contributed by atoms with E-state index in [0.717, 1.165) is 19.4 Å². The number of halogens is 1. The van der Waals surface area contributed by atoms with Gasteiger partial charge in [0.2, 0.25) is 11.2 Å². The molecule has 0 radical (unpaired) electrons. The molecule has 0 saturated carbocycles. The molecule has 1 N–H and O–H groups in total. The molecule has 106 valence electrons. The quantitative estimate of drug-likeness (QED) is 0.885. The van der Waals surface area contributed by atoms with E-state index in [2.05, 4.69) is 21.9 Å². The molecule has 7 heteroatoms. The Hall–Kier alpha value is -1.14. The zero-order valence-electron chi connectivity index (χ0n) is 11.2. The number of hydrogen-bond donors (Lipinski definition) is 1. The summed E-state index contributed by atoms with van der Waals surface area (Å²) in [5.41, 5.74) is 0. The SMILES string of the molecule is CCCOc1nc(Cl)nc(N2CCC(C)C2CO)n1. The number of hydrogen-bond acceptors (Lipinski definition) is 6. The Morgan fingerprint density at radius 1 is 1.42 bits per heavy atom. The van der Waals surface area contributed by atoms with Crippen LogP contribution in [0.25, 0.3) is 0 Å². The maximum absolute atomic E-state index is 9.47. The molecule has 2 unspecified atom stereocenters. The number of aromatic nitrogens is 3. The van der Waals surface area contributed by atoms with Crippen molar-refractivity contribution in [3.8, 4) is 6.01 Å². The second kappa shape index (κ2) is 6.34. The Kier molecular flexibility index (Phi) is 4.76. The highest BCUT2D eigenvalue weighted by Crippen LogP contribution is 2.28. The zero-order chi connectivity index (χ0) is 13.8. The van der Waals surface area contributed by atoms with Gasteiger partial charge < -0.3 is 14.7 Å². The third-order valence-electron chi connectivity index (χ3n) is 3.34. The molecule has 2 heterocycles. The van der Waals surface area contributed by atoms with Crippen LogP contribution in [0.15, 0.2) is 0 Å². The van der Waals surface area contributed by atoms with E-state index in [9.17, 15) is 5.11 Å². The number of rotatable bonds is 5. The predicted octanol–water partition coefficient (Wildman–Crippen LogP) is 1.52. The van der Waals surface area contributed by atoms with E-state index in [0.29, 0.717) is 18.5 Å². The molecule has 1 fully saturated rings. The van der Waals surface area contributed by atoms with Gasteiger partial charge in [-0.05, 0) is 30.4 Å². The van der Waals surface area contributed by atoms with Crippen LogP contribution in [-0.2, 0) is 0 Å². The summed E-state index contributed by atoms with van der Waals surface area (Å²) in [6.07, 6.45) is 1.87. The third kappa shape index (κ3) is 3.25. The first-order chi connectivity index (χ1) is 9.15. The normalized spacial score (nSPS) is 22.8. The standard InChI is InChI=1S/C12H19ClN4O2/c1-3-6-19-12-15-10(13)14-11(16-12)17-5-4-8(2)9(17)7-18/h8-9,18H,3-7H2,1-2H3. The molecule has 2 atom stereocenters. The van der Waals surface area contributed by atoms with Crippen molar-refractivity contribution in [2.24, 2.45) is 5.92 Å². The summed E-state index contributed by atoms with van der Waals surface area (Å²) >= 11 is 5.90. The molecule has 2 rings (SSSR count). The van der Waals surface area contributed by atoms with Crippen LogP contribution in [0.1, 0.15) is 26.7 Å². The van der Waals surface area contributed by atoms with Gasteiger partial charge in [0.1, 0.15) is 0 Å². The van der Waals surface area contributed by atoms with Gasteiger partial charge in [-0.1, -0.05) is 13.8 Å². The van der Waals surface area contributed by atoms with Crippen molar-refractivity contribution < 1.29 is 9.84 Å². The van der Waals surface area contributed by atoms with Crippen LogP contribution in [0.3, 0.4) is 0 Å². The summed E-state index contributed by atoms with van der Waals surface area (Å²) in [4.78, 5) is 14.3. The maximum Gasteiger partial charge on any atom is 0.322 e. The van der Waals surface area contributed by atoms with E-state index in [1.165, 1.54) is 0 Å². The summed E-state index contributed by atoms with van der Waals surface area (Å²) in [5.74, 6) is 0.884. The van der Waals surface area contributed by atoms with E-state index < -0.39 is 0 Å². The molecule has 1 aliphatic heterocycles. The summed E-state index contributed by atoms with van der Waals surface area (Å²) < 4.78 is 5.40. The lowest BCUT2D eigenvalue weighted by Crippen LogP contribution is -2.36. The minimum Gasteiger partial charge on any atom is -0.463 e. The smallest absolute Gasteiger partial charge is 0.322 e. The zero-order valence-corrected chi connectivity index (χ0v) is 12.0. The minimum absolute atomic E-state index is 0.0255. The molecule has 1 aliphatic rings. The van der Waals surface area contributed by atoms with Crippen LogP contribution in [0.2, 0.25) is 5.28 Å². The third-order valence-corrected chi connectivity index (χ3v) is 3.51. The molecular formula is C12H19ClN4O2. The molecule has 0 bridgehead atoms. The van der Waals surface area contributed by atoms with Crippen molar-refractivity contribution in [2.45, 2.75) is 32.7 Å². The van der Waals surface area contributed by atoms with E-state index in [4.69, 9.17) is 16.3 Å². The number of aliphatic hydroxyl groups excluding tert-OH is 1. The Morgan fingerprint density at radius 3 is 2.89 bits per heavy atom. The van der Waals surface area contributed by atoms with Crippen molar-refractivity contribution in [3.05, 3.63) is 5.28 Å². The molecule has 0 aliphatic carbocycles. The summed E-state index contributed by atoms with van der Waals surface area (Å²) in [5, 5.41) is 9.59. The van der Waals surface area contributed by atoms with Crippen molar-refractivity contribution in [1.82, 2.24) is 15.0 Å². The van der Waals surface area contributed by atoms with Crippen LogP contribution >= 0.6 is 11.6 Å². The second-order valence-electron chi connectivity index (χ2n) is 4.74. The molecular weight excluding hydrogens is 268 g/mol. The van der Waals surface area contributed by atoms with Gasteiger partial charge in [0, 0.05) is 6.54 Å². The number of ether oxygens (including phenoxy) is 1. The van der Waals surface area contributed by atoms with Gasteiger partial charge in [-0.25, -0.2) is 0 Å². The van der Waals surface area contributed by atoms with Crippen LogP contribution in [0.4, 0.5) is 5.95 Å². The monoisotopic (exact) mass is 286 g/mol. The lowest BCUT2D eigenvalue weighted by atomic mass is 10.0. The molecule has 1 aromatic heterocycles.